The lowest BCUT2D eigenvalue weighted by Gasteiger charge is -2.09. The largest absolute Gasteiger partial charge is 0.486 e. The van der Waals surface area contributed by atoms with Crippen molar-refractivity contribution in [3.05, 3.63) is 41.2 Å². The van der Waals surface area contributed by atoms with Crippen LogP contribution in [0.25, 0.3) is 0 Å². The molecule has 1 heterocycles. The Bertz CT molecular complexity index is 510. The summed E-state index contributed by atoms with van der Waals surface area (Å²) in [6, 6.07) is 7.35. The highest BCUT2D eigenvalue weighted by Crippen LogP contribution is 2.24. The van der Waals surface area contributed by atoms with Crippen LogP contribution in [-0.2, 0) is 13.2 Å². The first-order chi connectivity index (χ1) is 8.22. The van der Waals surface area contributed by atoms with Crippen molar-refractivity contribution in [3.8, 4) is 5.75 Å². The minimum Gasteiger partial charge on any atom is -0.486 e. The summed E-state index contributed by atoms with van der Waals surface area (Å²) in [6.45, 7) is 3.13. The van der Waals surface area contributed by atoms with Crippen LogP contribution in [0.5, 0.6) is 5.75 Å². The Morgan fingerprint density at radius 3 is 2.88 bits per heavy atom. The number of para-hydroxylation sites is 1. The second-order valence-electron chi connectivity index (χ2n) is 3.58. The van der Waals surface area contributed by atoms with Gasteiger partial charge >= 0.3 is 0 Å². The molecule has 0 atom stereocenters. The molecule has 5 heteroatoms. The van der Waals surface area contributed by atoms with Crippen LogP contribution < -0.4 is 10.5 Å². The minimum absolute atomic E-state index is 0.364. The molecular formula is C12H14ClN3O. The van der Waals surface area contributed by atoms with E-state index in [0.29, 0.717) is 23.1 Å². The number of aryl methyl sites for hydroxylation is 1. The maximum atomic E-state index is 6.00. The number of benzene rings is 1. The number of anilines is 1. The summed E-state index contributed by atoms with van der Waals surface area (Å²) in [5.74, 6) is 0.650. The topological polar surface area (TPSA) is 53.1 Å². The van der Waals surface area contributed by atoms with Crippen LogP contribution in [0.3, 0.4) is 0 Å². The normalized spacial score (nSPS) is 10.5. The van der Waals surface area contributed by atoms with E-state index in [2.05, 4.69) is 5.10 Å². The molecule has 0 saturated heterocycles. The standard InChI is InChI=1S/C12H14ClN3O/c1-2-16-11(10(14)7-15-16)8-17-12-6-4-3-5-9(12)13/h3-7H,2,8,14H2,1H3. The Hall–Kier alpha value is -1.68. The number of ether oxygens (including phenoxy) is 1. The number of nitrogens with two attached hydrogens (primary N) is 1. The van der Waals surface area contributed by atoms with Gasteiger partial charge in [-0.25, -0.2) is 0 Å². The molecule has 0 amide bonds. The lowest BCUT2D eigenvalue weighted by molar-refractivity contribution is 0.293. The SMILES string of the molecule is CCn1ncc(N)c1COc1ccccc1Cl. The zero-order chi connectivity index (χ0) is 12.3. The second-order valence-corrected chi connectivity index (χ2v) is 3.99. The van der Waals surface area contributed by atoms with Gasteiger partial charge in [0.15, 0.2) is 0 Å². The number of nitrogens with zero attached hydrogens (tertiary/aromatic N) is 2. The molecule has 2 rings (SSSR count). The Morgan fingerprint density at radius 1 is 1.41 bits per heavy atom. The molecule has 1 aromatic heterocycles. The Kier molecular flexibility index (Phi) is 3.54. The summed E-state index contributed by atoms with van der Waals surface area (Å²) in [5, 5.41) is 4.74. The predicted molar refractivity (Wildman–Crippen MR) is 68.1 cm³/mol. The van der Waals surface area contributed by atoms with Crippen molar-refractivity contribution in [2.24, 2.45) is 0 Å². The van der Waals surface area contributed by atoms with Crippen LogP contribution in [-0.4, -0.2) is 9.78 Å². The number of nitrogen functional groups attached to an aromatic ring is 1. The van der Waals surface area contributed by atoms with Crippen LogP contribution in [0.2, 0.25) is 5.02 Å². The van der Waals surface area contributed by atoms with E-state index in [1.54, 1.807) is 12.3 Å². The summed E-state index contributed by atoms with van der Waals surface area (Å²) < 4.78 is 7.44. The van der Waals surface area contributed by atoms with E-state index in [1.807, 2.05) is 29.8 Å². The third-order valence-electron chi connectivity index (χ3n) is 2.48. The molecule has 0 unspecified atom stereocenters. The maximum absolute atomic E-state index is 6.00. The Morgan fingerprint density at radius 2 is 2.18 bits per heavy atom. The van der Waals surface area contributed by atoms with E-state index >= 15 is 0 Å². The molecule has 0 spiro atoms. The molecule has 1 aromatic carbocycles. The molecule has 0 saturated carbocycles. The highest BCUT2D eigenvalue weighted by molar-refractivity contribution is 6.32. The van der Waals surface area contributed by atoms with Gasteiger partial charge in [-0.1, -0.05) is 23.7 Å². The van der Waals surface area contributed by atoms with Gasteiger partial charge in [-0.3, -0.25) is 4.68 Å². The van der Waals surface area contributed by atoms with E-state index in [-0.39, 0.29) is 0 Å². The summed E-state index contributed by atoms with van der Waals surface area (Å²) in [6.07, 6.45) is 1.63. The fraction of sp³-hybridized carbons (Fsp3) is 0.250. The lowest BCUT2D eigenvalue weighted by atomic mass is 10.3. The molecule has 0 aliphatic rings. The first kappa shape index (κ1) is 11.8. The summed E-state index contributed by atoms with van der Waals surface area (Å²) in [4.78, 5) is 0. The van der Waals surface area contributed by atoms with Crippen LogP contribution >= 0.6 is 11.6 Å². The quantitative estimate of drug-likeness (QED) is 0.909. The van der Waals surface area contributed by atoms with Gasteiger partial charge in [-0.2, -0.15) is 5.10 Å². The van der Waals surface area contributed by atoms with E-state index in [1.165, 1.54) is 0 Å². The fourth-order valence-electron chi connectivity index (χ4n) is 1.56. The van der Waals surface area contributed by atoms with Crippen molar-refractivity contribution in [1.82, 2.24) is 9.78 Å². The van der Waals surface area contributed by atoms with Crippen molar-refractivity contribution >= 4 is 17.3 Å². The fourth-order valence-corrected chi connectivity index (χ4v) is 1.75. The van der Waals surface area contributed by atoms with Gasteiger partial charge in [0.25, 0.3) is 0 Å². The molecule has 2 aromatic rings. The van der Waals surface area contributed by atoms with Crippen LogP contribution in [0.4, 0.5) is 5.69 Å². The van der Waals surface area contributed by atoms with Gasteiger partial charge in [0, 0.05) is 6.54 Å². The number of aromatic nitrogens is 2. The summed E-state index contributed by atoms with van der Waals surface area (Å²) >= 11 is 6.00. The Labute approximate surface area is 105 Å². The third-order valence-corrected chi connectivity index (χ3v) is 2.79. The van der Waals surface area contributed by atoms with Gasteiger partial charge in [0.2, 0.25) is 0 Å². The van der Waals surface area contributed by atoms with Crippen molar-refractivity contribution in [2.75, 3.05) is 5.73 Å². The molecule has 0 fully saturated rings. The molecule has 17 heavy (non-hydrogen) atoms. The number of hydrogen-bond acceptors (Lipinski definition) is 3. The smallest absolute Gasteiger partial charge is 0.138 e. The van der Waals surface area contributed by atoms with Gasteiger partial charge < -0.3 is 10.5 Å². The minimum atomic E-state index is 0.364. The molecule has 0 aliphatic heterocycles. The molecule has 0 bridgehead atoms. The van der Waals surface area contributed by atoms with Crippen molar-refractivity contribution in [1.29, 1.82) is 0 Å². The highest BCUT2D eigenvalue weighted by Gasteiger charge is 2.08. The first-order valence-electron chi connectivity index (χ1n) is 5.40. The molecule has 0 aliphatic carbocycles. The zero-order valence-electron chi connectivity index (χ0n) is 9.56. The van der Waals surface area contributed by atoms with Crippen molar-refractivity contribution < 1.29 is 4.74 Å². The van der Waals surface area contributed by atoms with Crippen molar-refractivity contribution in [3.63, 3.8) is 0 Å². The third kappa shape index (κ3) is 2.53. The average Bonchev–Trinajstić information content (AvgIpc) is 2.69. The summed E-state index contributed by atoms with van der Waals surface area (Å²) in [5.41, 5.74) is 7.33. The van der Waals surface area contributed by atoms with Gasteiger partial charge in [0.05, 0.1) is 22.6 Å². The van der Waals surface area contributed by atoms with E-state index < -0.39 is 0 Å². The Balaban J connectivity index is 2.12. The molecule has 4 nitrogen and oxygen atoms in total. The second kappa shape index (κ2) is 5.10. The lowest BCUT2D eigenvalue weighted by Crippen LogP contribution is -2.08. The molecular weight excluding hydrogens is 238 g/mol. The zero-order valence-corrected chi connectivity index (χ0v) is 10.3. The number of hydrogen-bond donors (Lipinski definition) is 1. The highest BCUT2D eigenvalue weighted by atomic mass is 35.5. The number of rotatable bonds is 4. The summed E-state index contributed by atoms with van der Waals surface area (Å²) in [7, 11) is 0. The number of halogens is 1. The van der Waals surface area contributed by atoms with Gasteiger partial charge in [0.1, 0.15) is 12.4 Å². The molecule has 0 radical (unpaired) electrons. The van der Waals surface area contributed by atoms with Gasteiger partial charge in [-0.15, -0.1) is 0 Å². The molecule has 2 N–H and O–H groups in total. The average molecular weight is 252 g/mol. The van der Waals surface area contributed by atoms with Crippen LogP contribution in [0.15, 0.2) is 30.5 Å². The predicted octanol–water partition coefficient (Wildman–Crippen LogP) is 2.72. The van der Waals surface area contributed by atoms with Crippen LogP contribution in [0.1, 0.15) is 12.6 Å². The van der Waals surface area contributed by atoms with E-state index in [9.17, 15) is 0 Å². The monoisotopic (exact) mass is 251 g/mol. The van der Waals surface area contributed by atoms with Crippen molar-refractivity contribution in [2.45, 2.75) is 20.1 Å². The first-order valence-corrected chi connectivity index (χ1v) is 5.77. The van der Waals surface area contributed by atoms with E-state index in [0.717, 1.165) is 12.2 Å². The maximum Gasteiger partial charge on any atom is 0.138 e. The van der Waals surface area contributed by atoms with Gasteiger partial charge in [-0.05, 0) is 19.1 Å². The van der Waals surface area contributed by atoms with E-state index in [4.69, 9.17) is 22.1 Å². The van der Waals surface area contributed by atoms with Crippen LogP contribution in [0, 0.1) is 0 Å². The molecule has 90 valence electrons.